The summed E-state index contributed by atoms with van der Waals surface area (Å²) in [6, 6.07) is 9.89. The van der Waals surface area contributed by atoms with Crippen molar-refractivity contribution in [1.29, 1.82) is 0 Å². The summed E-state index contributed by atoms with van der Waals surface area (Å²) in [5.74, 6) is 0.0198. The second-order valence-corrected chi connectivity index (χ2v) is 5.10. The quantitative estimate of drug-likeness (QED) is 0.867. The van der Waals surface area contributed by atoms with Gasteiger partial charge in [-0.25, -0.2) is 0 Å². The van der Waals surface area contributed by atoms with Crippen LogP contribution in [-0.4, -0.2) is 43.2 Å². The van der Waals surface area contributed by atoms with E-state index in [1.165, 1.54) is 5.56 Å². The van der Waals surface area contributed by atoms with E-state index in [4.69, 9.17) is 10.5 Å². The van der Waals surface area contributed by atoms with Gasteiger partial charge in [0, 0.05) is 13.7 Å². The van der Waals surface area contributed by atoms with Gasteiger partial charge < -0.3 is 15.4 Å². The Morgan fingerprint density at radius 3 is 2.84 bits per heavy atom. The molecular formula is C15H22N2O2. The molecule has 0 aliphatic carbocycles. The minimum atomic E-state index is -0.425. The zero-order valence-corrected chi connectivity index (χ0v) is 11.4. The molecule has 4 nitrogen and oxygen atoms in total. The van der Waals surface area contributed by atoms with Crippen LogP contribution in [0.5, 0.6) is 0 Å². The number of nitrogens with zero attached hydrogens (tertiary/aromatic N) is 1. The molecule has 2 atom stereocenters. The normalized spacial score (nSPS) is 20.2. The third-order valence-electron chi connectivity index (χ3n) is 3.71. The first kappa shape index (κ1) is 14.0. The van der Waals surface area contributed by atoms with Gasteiger partial charge in [0.15, 0.2) is 0 Å². The van der Waals surface area contributed by atoms with Crippen molar-refractivity contribution in [2.45, 2.75) is 31.3 Å². The molecule has 2 unspecified atom stereocenters. The van der Waals surface area contributed by atoms with Crippen LogP contribution in [0.1, 0.15) is 18.4 Å². The van der Waals surface area contributed by atoms with Crippen LogP contribution in [0.3, 0.4) is 0 Å². The van der Waals surface area contributed by atoms with Crippen molar-refractivity contribution in [3.63, 3.8) is 0 Å². The Labute approximate surface area is 114 Å². The highest BCUT2D eigenvalue weighted by molar-refractivity contribution is 5.81. The van der Waals surface area contributed by atoms with E-state index < -0.39 is 6.04 Å². The van der Waals surface area contributed by atoms with Crippen molar-refractivity contribution in [2.24, 2.45) is 5.73 Å². The molecule has 0 spiro atoms. The standard InChI is InChI=1S/C15H22N2O2/c1-17(13-9-10-19-11-13)15(18)14(16)8-7-12-5-3-2-4-6-12/h2-6,13-14H,7-11,16H2,1H3. The molecule has 19 heavy (non-hydrogen) atoms. The number of amides is 1. The average Bonchev–Trinajstić information content (AvgIpc) is 2.98. The van der Waals surface area contributed by atoms with Crippen LogP contribution in [0.25, 0.3) is 0 Å². The summed E-state index contributed by atoms with van der Waals surface area (Å²) >= 11 is 0. The van der Waals surface area contributed by atoms with Crippen molar-refractivity contribution in [2.75, 3.05) is 20.3 Å². The molecule has 2 rings (SSSR count). The Kier molecular flexibility index (Phi) is 4.93. The largest absolute Gasteiger partial charge is 0.379 e. The van der Waals surface area contributed by atoms with Crippen molar-refractivity contribution in [3.05, 3.63) is 35.9 Å². The third kappa shape index (κ3) is 3.78. The number of likely N-dealkylation sites (N-methyl/N-ethyl adjacent to an activating group) is 1. The van der Waals surface area contributed by atoms with E-state index in [1.807, 2.05) is 25.2 Å². The molecule has 0 radical (unpaired) electrons. The molecule has 2 N–H and O–H groups in total. The highest BCUT2D eigenvalue weighted by Gasteiger charge is 2.27. The summed E-state index contributed by atoms with van der Waals surface area (Å²) in [7, 11) is 1.82. The molecule has 0 bridgehead atoms. The average molecular weight is 262 g/mol. The summed E-state index contributed by atoms with van der Waals surface area (Å²) in [5, 5.41) is 0. The lowest BCUT2D eigenvalue weighted by Crippen LogP contribution is -2.47. The third-order valence-corrected chi connectivity index (χ3v) is 3.71. The molecule has 1 aromatic rings. The van der Waals surface area contributed by atoms with Gasteiger partial charge in [0.1, 0.15) is 0 Å². The number of nitrogens with two attached hydrogens (primary N) is 1. The maximum absolute atomic E-state index is 12.2. The number of hydrogen-bond acceptors (Lipinski definition) is 3. The van der Waals surface area contributed by atoms with Crippen LogP contribution < -0.4 is 5.73 Å². The van der Waals surface area contributed by atoms with E-state index in [1.54, 1.807) is 4.90 Å². The van der Waals surface area contributed by atoms with Gasteiger partial charge in [0.2, 0.25) is 5.91 Å². The molecular weight excluding hydrogens is 240 g/mol. The Balaban J connectivity index is 1.81. The number of ether oxygens (including phenoxy) is 1. The fourth-order valence-electron chi connectivity index (χ4n) is 2.36. The monoisotopic (exact) mass is 262 g/mol. The molecule has 1 aliphatic rings. The van der Waals surface area contributed by atoms with Crippen LogP contribution in [0.15, 0.2) is 30.3 Å². The Bertz CT molecular complexity index is 402. The molecule has 4 heteroatoms. The number of carbonyl (C=O) groups is 1. The first-order chi connectivity index (χ1) is 9.18. The minimum absolute atomic E-state index is 0.0198. The van der Waals surface area contributed by atoms with Crippen LogP contribution >= 0.6 is 0 Å². The van der Waals surface area contributed by atoms with Gasteiger partial charge in [-0.2, -0.15) is 0 Å². The summed E-state index contributed by atoms with van der Waals surface area (Å²) in [5.41, 5.74) is 7.22. The summed E-state index contributed by atoms with van der Waals surface area (Å²) in [6.07, 6.45) is 2.43. The highest BCUT2D eigenvalue weighted by Crippen LogP contribution is 2.13. The maximum atomic E-state index is 12.2. The van der Waals surface area contributed by atoms with E-state index in [0.29, 0.717) is 13.0 Å². The second kappa shape index (κ2) is 6.68. The van der Waals surface area contributed by atoms with Crippen molar-refractivity contribution >= 4 is 5.91 Å². The molecule has 0 aromatic heterocycles. The second-order valence-electron chi connectivity index (χ2n) is 5.10. The number of benzene rings is 1. The molecule has 1 heterocycles. The zero-order chi connectivity index (χ0) is 13.7. The maximum Gasteiger partial charge on any atom is 0.239 e. The van der Waals surface area contributed by atoms with Crippen molar-refractivity contribution < 1.29 is 9.53 Å². The van der Waals surface area contributed by atoms with Gasteiger partial charge >= 0.3 is 0 Å². The number of rotatable bonds is 5. The van der Waals surface area contributed by atoms with Gasteiger partial charge in [-0.15, -0.1) is 0 Å². The first-order valence-corrected chi connectivity index (χ1v) is 6.82. The van der Waals surface area contributed by atoms with Crippen LogP contribution in [0.4, 0.5) is 0 Å². The lowest BCUT2D eigenvalue weighted by Gasteiger charge is -2.26. The zero-order valence-electron chi connectivity index (χ0n) is 11.4. The van der Waals surface area contributed by atoms with Gasteiger partial charge in [0.25, 0.3) is 0 Å². The smallest absolute Gasteiger partial charge is 0.239 e. The Morgan fingerprint density at radius 1 is 1.47 bits per heavy atom. The molecule has 1 fully saturated rings. The van der Waals surface area contributed by atoms with Gasteiger partial charge in [0.05, 0.1) is 18.7 Å². The van der Waals surface area contributed by atoms with Crippen LogP contribution in [0.2, 0.25) is 0 Å². The lowest BCUT2D eigenvalue weighted by molar-refractivity contribution is -0.133. The number of aryl methyl sites for hydroxylation is 1. The molecule has 0 saturated carbocycles. The van der Waals surface area contributed by atoms with Crippen molar-refractivity contribution in [1.82, 2.24) is 4.90 Å². The van der Waals surface area contributed by atoms with Crippen LogP contribution in [0, 0.1) is 0 Å². The van der Waals surface area contributed by atoms with Gasteiger partial charge in [-0.1, -0.05) is 30.3 Å². The van der Waals surface area contributed by atoms with Gasteiger partial charge in [-0.3, -0.25) is 4.79 Å². The van der Waals surface area contributed by atoms with E-state index in [9.17, 15) is 4.79 Å². The predicted octanol–water partition coefficient (Wildman–Crippen LogP) is 1.19. The fraction of sp³-hybridized carbons (Fsp3) is 0.533. The number of carbonyl (C=O) groups excluding carboxylic acids is 1. The van der Waals surface area contributed by atoms with Crippen molar-refractivity contribution in [3.8, 4) is 0 Å². The molecule has 1 aliphatic heterocycles. The van der Waals surface area contributed by atoms with E-state index >= 15 is 0 Å². The van der Waals surface area contributed by atoms with E-state index in [0.717, 1.165) is 19.4 Å². The molecule has 1 aromatic carbocycles. The fourth-order valence-corrected chi connectivity index (χ4v) is 2.36. The summed E-state index contributed by atoms with van der Waals surface area (Å²) in [4.78, 5) is 13.9. The minimum Gasteiger partial charge on any atom is -0.379 e. The molecule has 104 valence electrons. The van der Waals surface area contributed by atoms with Crippen LogP contribution in [-0.2, 0) is 16.0 Å². The Hall–Kier alpha value is -1.39. The molecule has 1 saturated heterocycles. The number of hydrogen-bond donors (Lipinski definition) is 1. The predicted molar refractivity (Wildman–Crippen MR) is 74.7 cm³/mol. The SMILES string of the molecule is CN(C(=O)C(N)CCc1ccccc1)C1CCOC1. The van der Waals surface area contributed by atoms with E-state index in [2.05, 4.69) is 12.1 Å². The summed E-state index contributed by atoms with van der Waals surface area (Å²) < 4.78 is 5.30. The summed E-state index contributed by atoms with van der Waals surface area (Å²) in [6.45, 7) is 1.37. The lowest BCUT2D eigenvalue weighted by atomic mass is 10.0. The topological polar surface area (TPSA) is 55.6 Å². The van der Waals surface area contributed by atoms with Gasteiger partial charge in [-0.05, 0) is 24.8 Å². The Morgan fingerprint density at radius 2 is 2.21 bits per heavy atom. The van der Waals surface area contributed by atoms with E-state index in [-0.39, 0.29) is 11.9 Å². The highest BCUT2D eigenvalue weighted by atomic mass is 16.5. The first-order valence-electron chi connectivity index (χ1n) is 6.82. The molecule has 1 amide bonds.